The Morgan fingerprint density at radius 2 is 1.82 bits per heavy atom. The van der Waals surface area contributed by atoms with E-state index in [1.807, 2.05) is 30.3 Å². The minimum absolute atomic E-state index is 0.0743. The highest BCUT2D eigenvalue weighted by molar-refractivity contribution is 8.26. The first-order valence-electron chi connectivity index (χ1n) is 12.1. The first-order chi connectivity index (χ1) is 15.9. The Kier molecular flexibility index (Phi) is 6.54. The Balaban J connectivity index is 1.09. The summed E-state index contributed by atoms with van der Waals surface area (Å²) in [5.41, 5.74) is 1.29. The molecule has 1 aliphatic heterocycles. The number of hydrogen-bond donors (Lipinski definition) is 1. The molecule has 1 aromatic rings. The van der Waals surface area contributed by atoms with Crippen LogP contribution in [-0.4, -0.2) is 41.2 Å². The number of thiocarbonyl (C=S) groups is 1. The van der Waals surface area contributed by atoms with E-state index >= 15 is 0 Å². The van der Waals surface area contributed by atoms with Gasteiger partial charge in [-0.2, -0.15) is 0 Å². The van der Waals surface area contributed by atoms with Crippen LogP contribution >= 0.6 is 24.0 Å². The predicted molar refractivity (Wildman–Crippen MR) is 136 cm³/mol. The Labute approximate surface area is 205 Å². The summed E-state index contributed by atoms with van der Waals surface area (Å²) >= 11 is 6.76. The molecule has 4 aliphatic carbocycles. The third-order valence-corrected chi connectivity index (χ3v) is 9.28. The number of methoxy groups -OCH3 is 1. The summed E-state index contributed by atoms with van der Waals surface area (Å²) in [4.78, 5) is 27.6. The van der Waals surface area contributed by atoms with E-state index in [1.54, 1.807) is 12.0 Å². The van der Waals surface area contributed by atoms with Crippen LogP contribution in [0.15, 0.2) is 29.2 Å². The normalized spacial score (nSPS) is 31.5. The van der Waals surface area contributed by atoms with Crippen LogP contribution in [0.4, 0.5) is 0 Å². The predicted octanol–water partition coefficient (Wildman–Crippen LogP) is 5.01. The van der Waals surface area contributed by atoms with Crippen molar-refractivity contribution in [1.82, 2.24) is 10.2 Å². The number of ether oxygens (including phenoxy) is 1. The molecule has 1 N–H and O–H groups in total. The van der Waals surface area contributed by atoms with Crippen LogP contribution in [0.3, 0.4) is 0 Å². The van der Waals surface area contributed by atoms with Crippen molar-refractivity contribution in [2.75, 3.05) is 20.2 Å². The van der Waals surface area contributed by atoms with Crippen molar-refractivity contribution in [2.24, 2.45) is 23.2 Å². The molecule has 5 nitrogen and oxygen atoms in total. The largest absolute Gasteiger partial charge is 0.497 e. The fraction of sp³-hybridized carbons (Fsp3) is 0.577. The zero-order valence-electron chi connectivity index (χ0n) is 19.2. The van der Waals surface area contributed by atoms with Crippen molar-refractivity contribution in [3.05, 3.63) is 34.7 Å². The summed E-state index contributed by atoms with van der Waals surface area (Å²) in [5, 5.41) is 3.24. The SMILES string of the molecule is COc1ccc(/C=C2\SC(=S)N(CCCC(=O)NCC34CC5CC(CC(C5)C3)C4)C2=O)cc1. The van der Waals surface area contributed by atoms with E-state index in [1.165, 1.54) is 50.3 Å². The highest BCUT2D eigenvalue weighted by Crippen LogP contribution is 2.59. The lowest BCUT2D eigenvalue weighted by Crippen LogP contribution is -2.51. The summed E-state index contributed by atoms with van der Waals surface area (Å²) in [6.45, 7) is 1.32. The second-order valence-electron chi connectivity index (χ2n) is 10.4. The topological polar surface area (TPSA) is 58.6 Å². The van der Waals surface area contributed by atoms with Crippen molar-refractivity contribution in [1.29, 1.82) is 0 Å². The van der Waals surface area contributed by atoms with Crippen LogP contribution in [0.1, 0.15) is 56.9 Å². The lowest BCUT2D eigenvalue weighted by molar-refractivity contribution is -0.125. The van der Waals surface area contributed by atoms with Gasteiger partial charge in [0, 0.05) is 19.5 Å². The van der Waals surface area contributed by atoms with Crippen molar-refractivity contribution in [3.63, 3.8) is 0 Å². The minimum atomic E-state index is -0.0743. The van der Waals surface area contributed by atoms with Crippen LogP contribution < -0.4 is 10.1 Å². The Bertz CT molecular complexity index is 937. The quantitative estimate of drug-likeness (QED) is 0.415. The lowest BCUT2D eigenvalue weighted by atomic mass is 9.49. The standard InChI is InChI=1S/C26H32N2O3S2/c1-31-21-6-4-17(5-7-21)12-22-24(30)28(25(32)33-22)8-2-3-23(29)27-16-26-13-18-9-19(14-26)11-20(10-18)15-26/h4-7,12,18-20H,2-3,8-11,13-16H2,1H3,(H,27,29)/b22-12-. The highest BCUT2D eigenvalue weighted by Gasteiger charge is 2.50. The van der Waals surface area contributed by atoms with Crippen LogP contribution in [0.5, 0.6) is 5.75 Å². The van der Waals surface area contributed by atoms with Gasteiger partial charge >= 0.3 is 0 Å². The van der Waals surface area contributed by atoms with Gasteiger partial charge in [-0.15, -0.1) is 0 Å². The molecule has 2 amide bonds. The van der Waals surface area contributed by atoms with Crippen LogP contribution in [-0.2, 0) is 9.59 Å². The maximum Gasteiger partial charge on any atom is 0.266 e. The van der Waals surface area contributed by atoms with Crippen molar-refractivity contribution in [3.8, 4) is 5.75 Å². The number of carbonyl (C=O) groups excluding carboxylic acids is 2. The molecular formula is C26H32N2O3S2. The molecule has 7 heteroatoms. The molecule has 33 heavy (non-hydrogen) atoms. The Morgan fingerprint density at radius 3 is 2.42 bits per heavy atom. The zero-order valence-corrected chi connectivity index (χ0v) is 20.8. The number of nitrogens with zero attached hydrogens (tertiary/aromatic N) is 1. The molecule has 0 spiro atoms. The van der Waals surface area contributed by atoms with E-state index in [0.717, 1.165) is 35.6 Å². The Hall–Kier alpha value is -1.86. The second-order valence-corrected chi connectivity index (χ2v) is 12.1. The van der Waals surface area contributed by atoms with Gasteiger partial charge in [-0.25, -0.2) is 0 Å². The number of amides is 2. The maximum atomic E-state index is 12.8. The molecular weight excluding hydrogens is 452 g/mol. The fourth-order valence-corrected chi connectivity index (χ4v) is 8.13. The summed E-state index contributed by atoms with van der Waals surface area (Å²) < 4.78 is 5.74. The van der Waals surface area contributed by atoms with Crippen LogP contribution in [0.25, 0.3) is 6.08 Å². The molecule has 0 radical (unpaired) electrons. The van der Waals surface area contributed by atoms with E-state index in [-0.39, 0.29) is 11.8 Å². The lowest BCUT2D eigenvalue weighted by Gasteiger charge is -2.56. The van der Waals surface area contributed by atoms with Gasteiger partial charge in [-0.1, -0.05) is 36.1 Å². The molecule has 4 bridgehead atoms. The maximum absolute atomic E-state index is 12.8. The molecule has 5 fully saturated rings. The number of nitrogens with one attached hydrogen (secondary N) is 1. The molecule has 176 valence electrons. The molecule has 1 aromatic carbocycles. The van der Waals surface area contributed by atoms with Gasteiger partial charge in [-0.3, -0.25) is 14.5 Å². The average Bonchev–Trinajstić information content (AvgIpc) is 3.05. The summed E-state index contributed by atoms with van der Waals surface area (Å²) in [5.74, 6) is 3.50. The molecule has 0 aromatic heterocycles. The van der Waals surface area contributed by atoms with Gasteiger partial charge in [0.2, 0.25) is 5.91 Å². The van der Waals surface area contributed by atoms with Crippen LogP contribution in [0.2, 0.25) is 0 Å². The van der Waals surface area contributed by atoms with E-state index in [4.69, 9.17) is 17.0 Å². The van der Waals surface area contributed by atoms with E-state index in [0.29, 0.717) is 34.0 Å². The van der Waals surface area contributed by atoms with E-state index in [9.17, 15) is 9.59 Å². The summed E-state index contributed by atoms with van der Waals surface area (Å²) in [7, 11) is 1.63. The monoisotopic (exact) mass is 484 g/mol. The number of carbonyl (C=O) groups is 2. The number of rotatable bonds is 8. The van der Waals surface area contributed by atoms with Gasteiger partial charge < -0.3 is 10.1 Å². The molecule has 4 saturated carbocycles. The molecule has 6 rings (SSSR count). The third kappa shape index (κ3) is 4.99. The van der Waals surface area contributed by atoms with Crippen molar-refractivity contribution < 1.29 is 14.3 Å². The molecule has 0 atom stereocenters. The van der Waals surface area contributed by atoms with Crippen molar-refractivity contribution in [2.45, 2.75) is 51.4 Å². The minimum Gasteiger partial charge on any atom is -0.497 e. The van der Waals surface area contributed by atoms with Crippen LogP contribution in [0, 0.1) is 23.2 Å². The van der Waals surface area contributed by atoms with Gasteiger partial charge in [0.05, 0.1) is 12.0 Å². The van der Waals surface area contributed by atoms with Gasteiger partial charge in [-0.05, 0) is 91.9 Å². The molecule has 5 aliphatic rings. The highest BCUT2D eigenvalue weighted by atomic mass is 32.2. The second kappa shape index (κ2) is 9.41. The third-order valence-electron chi connectivity index (χ3n) is 7.90. The summed E-state index contributed by atoms with van der Waals surface area (Å²) in [6, 6.07) is 7.57. The number of hydrogen-bond acceptors (Lipinski definition) is 5. The molecule has 1 saturated heterocycles. The Morgan fingerprint density at radius 1 is 1.18 bits per heavy atom. The van der Waals surface area contributed by atoms with E-state index < -0.39 is 0 Å². The smallest absolute Gasteiger partial charge is 0.266 e. The van der Waals surface area contributed by atoms with Gasteiger partial charge in [0.15, 0.2) is 0 Å². The molecule has 1 heterocycles. The first kappa shape index (κ1) is 22.9. The average molecular weight is 485 g/mol. The first-order valence-corrected chi connectivity index (χ1v) is 13.3. The zero-order chi connectivity index (χ0) is 23.0. The van der Waals surface area contributed by atoms with Gasteiger partial charge in [0.1, 0.15) is 10.1 Å². The number of benzene rings is 1. The summed E-state index contributed by atoms with van der Waals surface area (Å²) in [6.07, 6.45) is 11.1. The van der Waals surface area contributed by atoms with E-state index in [2.05, 4.69) is 5.32 Å². The molecule has 0 unspecified atom stereocenters. The number of thioether (sulfide) groups is 1. The van der Waals surface area contributed by atoms with Crippen molar-refractivity contribution >= 4 is 46.2 Å². The van der Waals surface area contributed by atoms with Gasteiger partial charge in [0.25, 0.3) is 5.91 Å². The fourth-order valence-electron chi connectivity index (χ4n) is 6.82.